The van der Waals surface area contributed by atoms with Gasteiger partial charge in [-0.3, -0.25) is 0 Å². The Balaban J connectivity index is 1.41. The number of aryl methyl sites for hydroxylation is 2. The summed E-state index contributed by atoms with van der Waals surface area (Å²) in [6.07, 6.45) is 0. The Morgan fingerprint density at radius 3 is 2.26 bits per heavy atom. The number of urea groups is 1. The normalized spacial score (nSPS) is 14.4. The summed E-state index contributed by atoms with van der Waals surface area (Å²) in [5.74, 6) is 0.902. The zero-order valence-electron chi connectivity index (χ0n) is 18.2. The standard InChI is InChI=1S/C24H28N6O/c1-17-7-8-21(15-18(17)2)26-24(31)25-20-6-4-5-19(16-20)22-9-10-23(28-27-22)30-13-11-29(3)12-14-30/h4-10,15-16H,11-14H2,1-3H3,(H2,25,26,31). The molecular weight excluding hydrogens is 388 g/mol. The molecule has 1 fully saturated rings. The van der Waals surface area contributed by atoms with Crippen LogP contribution in [-0.4, -0.2) is 54.4 Å². The van der Waals surface area contributed by atoms with Crippen molar-refractivity contribution in [2.24, 2.45) is 0 Å². The van der Waals surface area contributed by atoms with E-state index in [9.17, 15) is 4.79 Å². The number of rotatable bonds is 4. The summed E-state index contributed by atoms with van der Waals surface area (Å²) in [6, 6.07) is 17.2. The van der Waals surface area contributed by atoms with Crippen LogP contribution in [0.2, 0.25) is 0 Å². The fraction of sp³-hybridized carbons (Fsp3) is 0.292. The zero-order chi connectivity index (χ0) is 21.8. The molecule has 7 heteroatoms. The minimum Gasteiger partial charge on any atom is -0.353 e. The SMILES string of the molecule is Cc1ccc(NC(=O)Nc2cccc(-c3ccc(N4CCN(C)CC4)nn3)c2)cc1C. The van der Waals surface area contributed by atoms with E-state index in [0.29, 0.717) is 5.69 Å². The molecule has 1 aliphatic heterocycles. The van der Waals surface area contributed by atoms with Crippen LogP contribution in [0.25, 0.3) is 11.3 Å². The van der Waals surface area contributed by atoms with Crippen molar-refractivity contribution in [1.29, 1.82) is 0 Å². The van der Waals surface area contributed by atoms with Crippen molar-refractivity contribution in [1.82, 2.24) is 15.1 Å². The van der Waals surface area contributed by atoms with Gasteiger partial charge in [0.2, 0.25) is 0 Å². The number of benzene rings is 2. The van der Waals surface area contributed by atoms with Crippen LogP contribution in [0, 0.1) is 13.8 Å². The summed E-state index contributed by atoms with van der Waals surface area (Å²) in [5.41, 5.74) is 5.47. The monoisotopic (exact) mass is 416 g/mol. The molecular formula is C24H28N6O. The number of carbonyl (C=O) groups is 1. The number of carbonyl (C=O) groups excluding carboxylic acids is 1. The van der Waals surface area contributed by atoms with Crippen molar-refractivity contribution in [3.8, 4) is 11.3 Å². The fourth-order valence-corrected chi connectivity index (χ4v) is 3.55. The number of amides is 2. The minimum absolute atomic E-state index is 0.281. The molecule has 1 aromatic heterocycles. The highest BCUT2D eigenvalue weighted by atomic mass is 16.2. The van der Waals surface area contributed by atoms with Gasteiger partial charge in [-0.2, -0.15) is 0 Å². The molecule has 0 atom stereocenters. The molecule has 0 saturated carbocycles. The average Bonchev–Trinajstić information content (AvgIpc) is 2.77. The molecule has 31 heavy (non-hydrogen) atoms. The largest absolute Gasteiger partial charge is 0.353 e. The predicted octanol–water partition coefficient (Wildman–Crippen LogP) is 4.16. The van der Waals surface area contributed by atoms with Gasteiger partial charge in [0.05, 0.1) is 5.69 Å². The number of nitrogens with zero attached hydrogens (tertiary/aromatic N) is 4. The first-order chi connectivity index (χ1) is 15.0. The molecule has 0 spiro atoms. The van der Waals surface area contributed by atoms with Gasteiger partial charge in [0.25, 0.3) is 0 Å². The number of piperazine rings is 1. The quantitative estimate of drug-likeness (QED) is 0.668. The van der Waals surface area contributed by atoms with E-state index in [1.54, 1.807) is 0 Å². The van der Waals surface area contributed by atoms with E-state index in [2.05, 4.69) is 37.7 Å². The number of aromatic nitrogens is 2. The molecule has 1 saturated heterocycles. The van der Waals surface area contributed by atoms with Crippen LogP contribution in [0.3, 0.4) is 0 Å². The maximum absolute atomic E-state index is 12.4. The second-order valence-corrected chi connectivity index (χ2v) is 8.03. The second kappa shape index (κ2) is 9.14. The molecule has 0 bridgehead atoms. The number of hydrogen-bond acceptors (Lipinski definition) is 5. The smallest absolute Gasteiger partial charge is 0.323 e. The molecule has 0 aliphatic carbocycles. The number of likely N-dealkylation sites (N-methyl/N-ethyl adjacent to an activating group) is 1. The maximum atomic E-state index is 12.4. The Morgan fingerprint density at radius 1 is 0.839 bits per heavy atom. The molecule has 1 aliphatic rings. The number of anilines is 3. The van der Waals surface area contributed by atoms with Gasteiger partial charge in [0.1, 0.15) is 0 Å². The lowest BCUT2D eigenvalue weighted by Gasteiger charge is -2.32. The number of nitrogens with one attached hydrogen (secondary N) is 2. The first kappa shape index (κ1) is 20.8. The predicted molar refractivity (Wildman–Crippen MR) is 126 cm³/mol. The average molecular weight is 417 g/mol. The summed E-state index contributed by atoms with van der Waals surface area (Å²) in [5, 5.41) is 14.6. The van der Waals surface area contributed by atoms with Crippen molar-refractivity contribution in [3.63, 3.8) is 0 Å². The van der Waals surface area contributed by atoms with E-state index in [4.69, 9.17) is 0 Å². The Hall–Kier alpha value is -3.45. The van der Waals surface area contributed by atoms with Gasteiger partial charge in [-0.1, -0.05) is 18.2 Å². The lowest BCUT2D eigenvalue weighted by atomic mass is 10.1. The third kappa shape index (κ3) is 5.19. The van der Waals surface area contributed by atoms with Crippen molar-refractivity contribution >= 4 is 23.2 Å². The van der Waals surface area contributed by atoms with E-state index in [1.807, 2.05) is 68.4 Å². The van der Waals surface area contributed by atoms with Crippen LogP contribution in [0.4, 0.5) is 22.0 Å². The molecule has 2 N–H and O–H groups in total. The lowest BCUT2D eigenvalue weighted by Crippen LogP contribution is -2.44. The number of hydrogen-bond donors (Lipinski definition) is 2. The summed E-state index contributed by atoms with van der Waals surface area (Å²) in [6.45, 7) is 8.05. The Bertz CT molecular complexity index is 1060. The topological polar surface area (TPSA) is 73.4 Å². The molecule has 4 rings (SSSR count). The van der Waals surface area contributed by atoms with Crippen LogP contribution in [0.5, 0.6) is 0 Å². The molecule has 3 aromatic rings. The molecule has 160 valence electrons. The van der Waals surface area contributed by atoms with Crippen LogP contribution >= 0.6 is 0 Å². The molecule has 0 radical (unpaired) electrons. The van der Waals surface area contributed by atoms with Crippen LogP contribution in [0.1, 0.15) is 11.1 Å². The fourth-order valence-electron chi connectivity index (χ4n) is 3.55. The van der Waals surface area contributed by atoms with Crippen LogP contribution in [0.15, 0.2) is 54.6 Å². The van der Waals surface area contributed by atoms with E-state index in [1.165, 1.54) is 5.56 Å². The van der Waals surface area contributed by atoms with Gasteiger partial charge in [-0.05, 0) is 68.4 Å². The first-order valence-corrected chi connectivity index (χ1v) is 10.5. The van der Waals surface area contributed by atoms with Gasteiger partial charge in [0.15, 0.2) is 5.82 Å². The highest BCUT2D eigenvalue weighted by molar-refractivity contribution is 6.00. The highest BCUT2D eigenvalue weighted by Crippen LogP contribution is 2.23. The Morgan fingerprint density at radius 2 is 1.58 bits per heavy atom. The Labute approximate surface area is 183 Å². The van der Waals surface area contributed by atoms with Gasteiger partial charge >= 0.3 is 6.03 Å². The van der Waals surface area contributed by atoms with Crippen molar-refractivity contribution < 1.29 is 4.79 Å². The minimum atomic E-state index is -0.281. The third-order valence-electron chi connectivity index (χ3n) is 5.66. The first-order valence-electron chi connectivity index (χ1n) is 10.5. The van der Waals surface area contributed by atoms with Gasteiger partial charge in [-0.15, -0.1) is 10.2 Å². The molecule has 2 heterocycles. The summed E-state index contributed by atoms with van der Waals surface area (Å²) < 4.78 is 0. The van der Waals surface area contributed by atoms with E-state index < -0.39 is 0 Å². The Kier molecular flexibility index (Phi) is 6.13. The van der Waals surface area contributed by atoms with Gasteiger partial charge < -0.3 is 20.4 Å². The van der Waals surface area contributed by atoms with Gasteiger partial charge in [0, 0.05) is 43.1 Å². The molecule has 0 unspecified atom stereocenters. The highest BCUT2D eigenvalue weighted by Gasteiger charge is 2.15. The van der Waals surface area contributed by atoms with Crippen LogP contribution in [-0.2, 0) is 0 Å². The summed E-state index contributed by atoms with van der Waals surface area (Å²) >= 11 is 0. The van der Waals surface area contributed by atoms with Gasteiger partial charge in [-0.25, -0.2) is 4.79 Å². The molecule has 2 amide bonds. The van der Waals surface area contributed by atoms with E-state index in [-0.39, 0.29) is 6.03 Å². The lowest BCUT2D eigenvalue weighted by molar-refractivity contribution is 0.262. The summed E-state index contributed by atoms with van der Waals surface area (Å²) in [4.78, 5) is 17.0. The third-order valence-corrected chi connectivity index (χ3v) is 5.66. The van der Waals surface area contributed by atoms with Crippen molar-refractivity contribution in [3.05, 3.63) is 65.7 Å². The molecule has 7 nitrogen and oxygen atoms in total. The maximum Gasteiger partial charge on any atom is 0.323 e. The van der Waals surface area contributed by atoms with E-state index in [0.717, 1.165) is 54.5 Å². The van der Waals surface area contributed by atoms with Crippen molar-refractivity contribution in [2.75, 3.05) is 48.8 Å². The van der Waals surface area contributed by atoms with Crippen molar-refractivity contribution in [2.45, 2.75) is 13.8 Å². The van der Waals surface area contributed by atoms with Crippen LogP contribution < -0.4 is 15.5 Å². The zero-order valence-corrected chi connectivity index (χ0v) is 18.2. The van der Waals surface area contributed by atoms with E-state index >= 15 is 0 Å². The summed E-state index contributed by atoms with van der Waals surface area (Å²) in [7, 11) is 2.13. The molecule has 2 aromatic carbocycles. The second-order valence-electron chi connectivity index (χ2n) is 8.03.